The molecule has 2 N–H and O–H groups in total. The van der Waals surface area contributed by atoms with Crippen molar-refractivity contribution in [2.75, 3.05) is 38.3 Å². The second-order valence-corrected chi connectivity index (χ2v) is 4.39. The van der Waals surface area contributed by atoms with E-state index in [4.69, 9.17) is 4.74 Å². The molecule has 1 aromatic rings. The first-order chi connectivity index (χ1) is 9.69. The lowest BCUT2D eigenvalue weighted by molar-refractivity contribution is -0.130. The summed E-state index contributed by atoms with van der Waals surface area (Å²) in [5.74, 6) is -0.292. The van der Waals surface area contributed by atoms with E-state index in [9.17, 15) is 9.59 Å². The fourth-order valence-corrected chi connectivity index (χ4v) is 1.79. The second-order valence-electron chi connectivity index (χ2n) is 4.39. The highest BCUT2D eigenvalue weighted by atomic mass is 16.5. The number of piperazine rings is 1. The molecule has 0 atom stereocenters. The summed E-state index contributed by atoms with van der Waals surface area (Å²) in [6, 6.07) is 0. The van der Waals surface area contributed by atoms with Crippen molar-refractivity contribution in [3.63, 3.8) is 0 Å². The monoisotopic (exact) mass is 279 g/mol. The normalized spacial score (nSPS) is 15.3. The van der Waals surface area contributed by atoms with Crippen LogP contribution in [0.15, 0.2) is 12.4 Å². The zero-order chi connectivity index (χ0) is 14.4. The summed E-state index contributed by atoms with van der Waals surface area (Å²) in [4.78, 5) is 32.5. The van der Waals surface area contributed by atoms with E-state index in [1.807, 2.05) is 0 Å². The quantitative estimate of drug-likeness (QED) is 0.492. The zero-order valence-electron chi connectivity index (χ0n) is 11.3. The topological polar surface area (TPSA) is 96.5 Å². The molecule has 20 heavy (non-hydrogen) atoms. The number of methoxy groups -OCH3 is 1. The lowest BCUT2D eigenvalue weighted by Crippen LogP contribution is -2.52. The second kappa shape index (κ2) is 6.92. The minimum absolute atomic E-state index is 0.0944. The Labute approximate surface area is 116 Å². The van der Waals surface area contributed by atoms with Crippen molar-refractivity contribution >= 4 is 17.8 Å². The lowest BCUT2D eigenvalue weighted by Gasteiger charge is -2.25. The molecule has 1 fully saturated rings. The minimum Gasteiger partial charge on any atom is -0.383 e. The van der Waals surface area contributed by atoms with Crippen LogP contribution >= 0.6 is 0 Å². The van der Waals surface area contributed by atoms with Crippen molar-refractivity contribution in [2.24, 2.45) is 0 Å². The number of rotatable bonds is 6. The Balaban J connectivity index is 1.90. The molecule has 2 heterocycles. The molecule has 0 aliphatic carbocycles. The first-order valence-corrected chi connectivity index (χ1v) is 6.27. The van der Waals surface area contributed by atoms with Gasteiger partial charge in [0.25, 0.3) is 0 Å². The number of anilines is 1. The van der Waals surface area contributed by atoms with Gasteiger partial charge < -0.3 is 15.0 Å². The Morgan fingerprint density at radius 1 is 1.30 bits per heavy atom. The number of amides is 2. The van der Waals surface area contributed by atoms with Gasteiger partial charge in [0, 0.05) is 38.2 Å². The Bertz CT molecular complexity index is 460. The Morgan fingerprint density at radius 2 is 1.95 bits per heavy atom. The van der Waals surface area contributed by atoms with E-state index in [1.165, 1.54) is 0 Å². The largest absolute Gasteiger partial charge is 0.383 e. The predicted molar refractivity (Wildman–Crippen MR) is 71.0 cm³/mol. The third kappa shape index (κ3) is 3.97. The SMILES string of the molecule is COCCNCc1cnc(N2CC(=O)NC(=O)C2)nc1. The molecule has 0 aromatic carbocycles. The summed E-state index contributed by atoms with van der Waals surface area (Å²) in [7, 11) is 1.65. The molecular formula is C12H17N5O3. The molecule has 8 heteroatoms. The fourth-order valence-electron chi connectivity index (χ4n) is 1.79. The number of ether oxygens (including phenoxy) is 1. The van der Waals surface area contributed by atoms with Crippen molar-refractivity contribution in [1.29, 1.82) is 0 Å². The van der Waals surface area contributed by atoms with E-state index < -0.39 is 0 Å². The molecule has 0 unspecified atom stereocenters. The summed E-state index contributed by atoms with van der Waals surface area (Å²) in [6.07, 6.45) is 3.36. The van der Waals surface area contributed by atoms with Gasteiger partial charge >= 0.3 is 0 Å². The van der Waals surface area contributed by atoms with Crippen molar-refractivity contribution in [1.82, 2.24) is 20.6 Å². The minimum atomic E-state index is -0.338. The van der Waals surface area contributed by atoms with Crippen LogP contribution in [0, 0.1) is 0 Å². The van der Waals surface area contributed by atoms with Gasteiger partial charge in [-0.05, 0) is 0 Å². The molecular weight excluding hydrogens is 262 g/mol. The van der Waals surface area contributed by atoms with Crippen LogP contribution in [-0.4, -0.2) is 55.1 Å². The van der Waals surface area contributed by atoms with Crippen LogP contribution in [0.3, 0.4) is 0 Å². The summed E-state index contributed by atoms with van der Waals surface area (Å²) in [6.45, 7) is 2.22. The van der Waals surface area contributed by atoms with Gasteiger partial charge in [0.1, 0.15) is 13.1 Å². The van der Waals surface area contributed by atoms with E-state index in [1.54, 1.807) is 24.4 Å². The maximum absolute atomic E-state index is 11.3. The molecule has 1 saturated heterocycles. The highest BCUT2D eigenvalue weighted by molar-refractivity contribution is 6.02. The molecule has 108 valence electrons. The van der Waals surface area contributed by atoms with Crippen LogP contribution in [0.4, 0.5) is 5.95 Å². The van der Waals surface area contributed by atoms with Gasteiger partial charge in [-0.1, -0.05) is 0 Å². The van der Waals surface area contributed by atoms with Crippen molar-refractivity contribution in [3.05, 3.63) is 18.0 Å². The van der Waals surface area contributed by atoms with Gasteiger partial charge in [-0.3, -0.25) is 14.9 Å². The maximum atomic E-state index is 11.3. The molecule has 0 radical (unpaired) electrons. The van der Waals surface area contributed by atoms with Gasteiger partial charge in [-0.25, -0.2) is 9.97 Å². The molecule has 0 saturated carbocycles. The van der Waals surface area contributed by atoms with Gasteiger partial charge in [-0.15, -0.1) is 0 Å². The molecule has 2 rings (SSSR count). The third-order valence-corrected chi connectivity index (χ3v) is 2.73. The average molecular weight is 279 g/mol. The molecule has 1 aromatic heterocycles. The summed E-state index contributed by atoms with van der Waals surface area (Å²) >= 11 is 0. The van der Waals surface area contributed by atoms with E-state index >= 15 is 0 Å². The molecule has 8 nitrogen and oxygen atoms in total. The first kappa shape index (κ1) is 14.4. The molecule has 1 aliphatic rings. The number of carbonyl (C=O) groups is 2. The number of nitrogens with zero attached hydrogens (tertiary/aromatic N) is 3. The summed E-state index contributed by atoms with van der Waals surface area (Å²) < 4.78 is 4.93. The lowest BCUT2D eigenvalue weighted by atomic mass is 10.3. The van der Waals surface area contributed by atoms with E-state index in [-0.39, 0.29) is 24.9 Å². The smallest absolute Gasteiger partial charge is 0.246 e. The van der Waals surface area contributed by atoms with Crippen LogP contribution < -0.4 is 15.5 Å². The third-order valence-electron chi connectivity index (χ3n) is 2.73. The van der Waals surface area contributed by atoms with Crippen LogP contribution in [0.1, 0.15) is 5.56 Å². The van der Waals surface area contributed by atoms with Gasteiger partial charge in [-0.2, -0.15) is 0 Å². The number of hydrogen-bond acceptors (Lipinski definition) is 7. The van der Waals surface area contributed by atoms with Gasteiger partial charge in [0.15, 0.2) is 0 Å². The average Bonchev–Trinajstić information content (AvgIpc) is 2.43. The van der Waals surface area contributed by atoms with Crippen LogP contribution in [0.5, 0.6) is 0 Å². The van der Waals surface area contributed by atoms with E-state index in [0.29, 0.717) is 19.1 Å². The van der Waals surface area contributed by atoms with E-state index in [0.717, 1.165) is 12.1 Å². The molecule has 0 spiro atoms. The predicted octanol–water partition coefficient (Wildman–Crippen LogP) is -1.32. The number of nitrogens with one attached hydrogen (secondary N) is 2. The first-order valence-electron chi connectivity index (χ1n) is 6.27. The van der Waals surface area contributed by atoms with E-state index in [2.05, 4.69) is 20.6 Å². The number of imide groups is 1. The summed E-state index contributed by atoms with van der Waals surface area (Å²) in [5, 5.41) is 5.41. The zero-order valence-corrected chi connectivity index (χ0v) is 11.3. The molecule has 2 amide bonds. The number of aromatic nitrogens is 2. The van der Waals surface area contributed by atoms with Crippen LogP contribution in [-0.2, 0) is 20.9 Å². The Hall–Kier alpha value is -2.06. The van der Waals surface area contributed by atoms with Gasteiger partial charge in [0.2, 0.25) is 17.8 Å². The van der Waals surface area contributed by atoms with Gasteiger partial charge in [0.05, 0.1) is 6.61 Å². The Morgan fingerprint density at radius 3 is 2.55 bits per heavy atom. The maximum Gasteiger partial charge on any atom is 0.246 e. The van der Waals surface area contributed by atoms with Crippen LogP contribution in [0.2, 0.25) is 0 Å². The standard InChI is InChI=1S/C12H17N5O3/c1-20-3-2-13-4-9-5-14-12(15-6-9)17-7-10(18)16-11(19)8-17/h5-6,13H,2-4,7-8H2,1H3,(H,16,18,19). The van der Waals surface area contributed by atoms with Crippen LogP contribution in [0.25, 0.3) is 0 Å². The summed E-state index contributed by atoms with van der Waals surface area (Å²) in [5.41, 5.74) is 0.928. The van der Waals surface area contributed by atoms with Crippen molar-refractivity contribution in [3.8, 4) is 0 Å². The highest BCUT2D eigenvalue weighted by Gasteiger charge is 2.24. The van der Waals surface area contributed by atoms with Crippen molar-refractivity contribution in [2.45, 2.75) is 6.54 Å². The molecule has 1 aliphatic heterocycles. The molecule has 0 bridgehead atoms. The number of carbonyl (C=O) groups excluding carboxylic acids is 2. The fraction of sp³-hybridized carbons (Fsp3) is 0.500. The highest BCUT2D eigenvalue weighted by Crippen LogP contribution is 2.08. The van der Waals surface area contributed by atoms with Crippen molar-refractivity contribution < 1.29 is 14.3 Å². The number of hydrogen-bond donors (Lipinski definition) is 2. The Kier molecular flexibility index (Phi) is 4.97.